The van der Waals surface area contributed by atoms with E-state index in [2.05, 4.69) is 15.4 Å². The lowest BCUT2D eigenvalue weighted by Gasteiger charge is -2.09. The highest BCUT2D eigenvalue weighted by Gasteiger charge is 2.15. The maximum atomic E-state index is 13.1. The van der Waals surface area contributed by atoms with Gasteiger partial charge in [-0.05, 0) is 29.8 Å². The summed E-state index contributed by atoms with van der Waals surface area (Å²) in [6.07, 6.45) is 1.24. The van der Waals surface area contributed by atoms with E-state index in [1.54, 1.807) is 30.3 Å². The van der Waals surface area contributed by atoms with Crippen molar-refractivity contribution < 1.29 is 18.7 Å². The molecule has 7 heteroatoms. The third-order valence-corrected chi connectivity index (χ3v) is 3.39. The minimum Gasteiger partial charge on any atom is -0.465 e. The molecule has 2 aromatic carbocycles. The van der Waals surface area contributed by atoms with E-state index >= 15 is 0 Å². The molecule has 26 heavy (non-hydrogen) atoms. The van der Waals surface area contributed by atoms with E-state index < -0.39 is 11.9 Å². The zero-order valence-electron chi connectivity index (χ0n) is 14.0. The Morgan fingerprint density at radius 1 is 1.23 bits per heavy atom. The Morgan fingerprint density at radius 2 is 2.00 bits per heavy atom. The Morgan fingerprint density at radius 3 is 2.69 bits per heavy atom. The molecule has 0 aliphatic heterocycles. The number of carbonyl (C=O) groups is 2. The summed E-state index contributed by atoms with van der Waals surface area (Å²) in [7, 11) is 1.23. The lowest BCUT2D eigenvalue weighted by atomic mass is 10.1. The molecule has 0 heterocycles. The number of carbonyl (C=O) groups excluding carboxylic acids is 2. The fraction of sp³-hybridized carbons (Fsp3) is 0.105. The average Bonchev–Trinajstić information content (AvgIpc) is 2.65. The first kappa shape index (κ1) is 18.7. The second-order valence-electron chi connectivity index (χ2n) is 5.17. The SMILES string of the molecule is COC(=O)c1ccccc1NC(=O)/C(C#N)=C\NCc1cccc(F)c1. The number of halogens is 1. The van der Waals surface area contributed by atoms with E-state index in [-0.39, 0.29) is 29.2 Å². The Balaban J connectivity index is 2.07. The number of ether oxygens (including phenoxy) is 1. The van der Waals surface area contributed by atoms with Gasteiger partial charge in [-0.15, -0.1) is 0 Å². The van der Waals surface area contributed by atoms with Gasteiger partial charge in [-0.1, -0.05) is 24.3 Å². The lowest BCUT2D eigenvalue weighted by molar-refractivity contribution is -0.112. The van der Waals surface area contributed by atoms with Crippen LogP contribution in [0.1, 0.15) is 15.9 Å². The molecule has 0 aliphatic carbocycles. The van der Waals surface area contributed by atoms with Crippen molar-refractivity contribution in [2.75, 3.05) is 12.4 Å². The molecule has 0 aliphatic rings. The van der Waals surface area contributed by atoms with Gasteiger partial charge in [0.2, 0.25) is 0 Å². The minimum atomic E-state index is -0.685. The van der Waals surface area contributed by atoms with Crippen molar-refractivity contribution in [3.63, 3.8) is 0 Å². The van der Waals surface area contributed by atoms with Crippen molar-refractivity contribution in [1.29, 1.82) is 5.26 Å². The first-order valence-corrected chi connectivity index (χ1v) is 7.62. The van der Waals surface area contributed by atoms with E-state index in [1.165, 1.54) is 37.6 Å². The van der Waals surface area contributed by atoms with Gasteiger partial charge in [0.25, 0.3) is 5.91 Å². The van der Waals surface area contributed by atoms with Gasteiger partial charge in [0, 0.05) is 12.7 Å². The topological polar surface area (TPSA) is 91.2 Å². The van der Waals surface area contributed by atoms with Gasteiger partial charge in [0.1, 0.15) is 17.5 Å². The number of nitrogens with one attached hydrogen (secondary N) is 2. The predicted octanol–water partition coefficient (Wildman–Crippen LogP) is 2.75. The van der Waals surface area contributed by atoms with Crippen LogP contribution in [0.15, 0.2) is 60.3 Å². The second kappa shape index (κ2) is 8.99. The maximum absolute atomic E-state index is 13.1. The van der Waals surface area contributed by atoms with Crippen molar-refractivity contribution in [2.45, 2.75) is 6.54 Å². The van der Waals surface area contributed by atoms with Crippen LogP contribution in [0.4, 0.5) is 10.1 Å². The summed E-state index contributed by atoms with van der Waals surface area (Å²) in [6, 6.07) is 14.0. The van der Waals surface area contributed by atoms with E-state index in [9.17, 15) is 14.0 Å². The number of anilines is 1. The van der Waals surface area contributed by atoms with Gasteiger partial charge < -0.3 is 15.4 Å². The minimum absolute atomic E-state index is 0.174. The number of para-hydroxylation sites is 1. The molecular weight excluding hydrogens is 337 g/mol. The zero-order chi connectivity index (χ0) is 18.9. The summed E-state index contributed by atoms with van der Waals surface area (Å²) >= 11 is 0. The van der Waals surface area contributed by atoms with E-state index in [0.717, 1.165) is 0 Å². The molecule has 0 fully saturated rings. The van der Waals surface area contributed by atoms with Crippen LogP contribution in [0.5, 0.6) is 0 Å². The molecule has 0 spiro atoms. The zero-order valence-corrected chi connectivity index (χ0v) is 14.0. The molecule has 0 bridgehead atoms. The standard InChI is InChI=1S/C19H16FN3O3/c1-26-19(25)16-7-2-3-8-17(16)23-18(24)14(10-21)12-22-11-13-5-4-6-15(20)9-13/h2-9,12,22H,11H2,1H3,(H,23,24)/b14-12-. The number of nitriles is 1. The van der Waals surface area contributed by atoms with Crippen molar-refractivity contribution in [1.82, 2.24) is 5.32 Å². The van der Waals surface area contributed by atoms with Gasteiger partial charge in [-0.2, -0.15) is 5.26 Å². The lowest BCUT2D eigenvalue weighted by Crippen LogP contribution is -2.18. The summed E-state index contributed by atoms with van der Waals surface area (Å²) in [6.45, 7) is 0.245. The van der Waals surface area contributed by atoms with Crippen molar-refractivity contribution in [3.05, 3.63) is 77.2 Å². The quantitative estimate of drug-likeness (QED) is 0.473. The summed E-state index contributed by atoms with van der Waals surface area (Å²) < 4.78 is 17.8. The molecule has 2 aromatic rings. The Labute approximate surface area is 149 Å². The van der Waals surface area contributed by atoms with Crippen molar-refractivity contribution in [2.24, 2.45) is 0 Å². The maximum Gasteiger partial charge on any atom is 0.339 e. The molecule has 0 radical (unpaired) electrons. The third-order valence-electron chi connectivity index (χ3n) is 3.39. The van der Waals surface area contributed by atoms with Crippen LogP contribution < -0.4 is 10.6 Å². The fourth-order valence-corrected chi connectivity index (χ4v) is 2.14. The molecule has 6 nitrogen and oxygen atoms in total. The number of amides is 1. The normalized spacial score (nSPS) is 10.6. The first-order valence-electron chi connectivity index (χ1n) is 7.62. The van der Waals surface area contributed by atoms with Crippen LogP contribution in [-0.4, -0.2) is 19.0 Å². The third kappa shape index (κ3) is 4.92. The number of hydrogen-bond acceptors (Lipinski definition) is 5. The van der Waals surface area contributed by atoms with E-state index in [4.69, 9.17) is 5.26 Å². The first-order chi connectivity index (χ1) is 12.5. The average molecular weight is 353 g/mol. The molecule has 0 saturated heterocycles. The molecule has 1 amide bonds. The number of hydrogen-bond donors (Lipinski definition) is 2. The van der Waals surface area contributed by atoms with Gasteiger partial charge in [0.05, 0.1) is 18.4 Å². The number of methoxy groups -OCH3 is 1. The number of rotatable bonds is 6. The summed E-state index contributed by atoms with van der Waals surface area (Å²) in [5.74, 6) is -1.66. The van der Waals surface area contributed by atoms with E-state index in [1.807, 2.05) is 0 Å². The Hall–Kier alpha value is -3.66. The molecule has 0 saturated carbocycles. The van der Waals surface area contributed by atoms with Crippen LogP contribution >= 0.6 is 0 Å². The smallest absolute Gasteiger partial charge is 0.339 e. The Kier molecular flexibility index (Phi) is 6.46. The van der Waals surface area contributed by atoms with Gasteiger partial charge in [-0.3, -0.25) is 4.79 Å². The number of benzene rings is 2. The fourth-order valence-electron chi connectivity index (χ4n) is 2.14. The molecule has 0 aromatic heterocycles. The predicted molar refractivity (Wildman–Crippen MR) is 93.3 cm³/mol. The monoisotopic (exact) mass is 353 g/mol. The molecule has 2 rings (SSSR count). The number of esters is 1. The van der Waals surface area contributed by atoms with Crippen LogP contribution in [-0.2, 0) is 16.1 Å². The molecule has 0 unspecified atom stereocenters. The molecule has 0 atom stereocenters. The van der Waals surface area contributed by atoms with Gasteiger partial charge in [0.15, 0.2) is 0 Å². The van der Waals surface area contributed by atoms with Gasteiger partial charge >= 0.3 is 5.97 Å². The summed E-state index contributed by atoms with van der Waals surface area (Å²) in [5, 5.41) is 14.5. The van der Waals surface area contributed by atoms with Crippen LogP contribution in [0.2, 0.25) is 0 Å². The van der Waals surface area contributed by atoms with E-state index in [0.29, 0.717) is 5.56 Å². The Bertz CT molecular complexity index is 888. The van der Waals surface area contributed by atoms with Crippen molar-refractivity contribution in [3.8, 4) is 6.07 Å². The summed E-state index contributed by atoms with van der Waals surface area (Å²) in [5.41, 5.74) is 0.875. The second-order valence-corrected chi connectivity index (χ2v) is 5.17. The highest BCUT2D eigenvalue weighted by molar-refractivity contribution is 6.09. The summed E-state index contributed by atoms with van der Waals surface area (Å²) in [4.78, 5) is 24.0. The highest BCUT2D eigenvalue weighted by atomic mass is 19.1. The van der Waals surface area contributed by atoms with Crippen LogP contribution in [0.25, 0.3) is 0 Å². The van der Waals surface area contributed by atoms with Gasteiger partial charge in [-0.25, -0.2) is 9.18 Å². The van der Waals surface area contributed by atoms with Crippen molar-refractivity contribution >= 4 is 17.6 Å². The largest absolute Gasteiger partial charge is 0.465 e. The number of nitrogens with zero attached hydrogens (tertiary/aromatic N) is 1. The molecule has 2 N–H and O–H groups in total. The molecular formula is C19H16FN3O3. The van der Waals surface area contributed by atoms with Crippen LogP contribution in [0.3, 0.4) is 0 Å². The molecule has 132 valence electrons. The van der Waals surface area contributed by atoms with Crippen LogP contribution in [0, 0.1) is 17.1 Å². The highest BCUT2D eigenvalue weighted by Crippen LogP contribution is 2.16.